The standard InChI is InChI=1S/C20H19N3O2S/c1-2-14-8-10-15(11-9-14)17-13-26-20(22-17)23-18(24)12-21-19(25)16-6-4-3-5-7-16/h3-11,13H,2,12H2,1H3,(H,21,25)(H,22,23,24). The summed E-state index contributed by atoms with van der Waals surface area (Å²) < 4.78 is 0. The largest absolute Gasteiger partial charge is 0.343 e. The summed E-state index contributed by atoms with van der Waals surface area (Å²) in [6, 6.07) is 17.0. The van der Waals surface area contributed by atoms with E-state index in [1.807, 2.05) is 23.6 Å². The van der Waals surface area contributed by atoms with Gasteiger partial charge >= 0.3 is 0 Å². The molecule has 1 aromatic heterocycles. The molecule has 0 saturated heterocycles. The highest BCUT2D eigenvalue weighted by molar-refractivity contribution is 7.14. The van der Waals surface area contributed by atoms with Crippen molar-refractivity contribution in [2.24, 2.45) is 0 Å². The Morgan fingerprint density at radius 3 is 2.46 bits per heavy atom. The SMILES string of the molecule is CCc1ccc(-c2csc(NC(=O)CNC(=O)c3ccccc3)n2)cc1. The van der Waals surface area contributed by atoms with Crippen LogP contribution in [-0.2, 0) is 11.2 Å². The van der Waals surface area contributed by atoms with Gasteiger partial charge in [-0.25, -0.2) is 4.98 Å². The molecule has 26 heavy (non-hydrogen) atoms. The predicted molar refractivity (Wildman–Crippen MR) is 104 cm³/mol. The van der Waals surface area contributed by atoms with Crippen LogP contribution in [0.15, 0.2) is 60.0 Å². The molecule has 0 aliphatic carbocycles. The van der Waals surface area contributed by atoms with Crippen molar-refractivity contribution in [3.05, 3.63) is 71.1 Å². The lowest BCUT2D eigenvalue weighted by atomic mass is 10.1. The molecule has 0 aliphatic heterocycles. The van der Waals surface area contributed by atoms with Crippen molar-refractivity contribution in [2.45, 2.75) is 13.3 Å². The minimum atomic E-state index is -0.309. The summed E-state index contributed by atoms with van der Waals surface area (Å²) in [6.07, 6.45) is 0.993. The third-order valence-corrected chi connectivity index (χ3v) is 4.61. The zero-order valence-corrected chi connectivity index (χ0v) is 15.2. The van der Waals surface area contributed by atoms with E-state index in [1.165, 1.54) is 16.9 Å². The van der Waals surface area contributed by atoms with Gasteiger partial charge in [-0.15, -0.1) is 11.3 Å². The molecule has 0 bridgehead atoms. The van der Waals surface area contributed by atoms with Crippen molar-refractivity contribution in [1.29, 1.82) is 0 Å². The van der Waals surface area contributed by atoms with E-state index in [2.05, 4.69) is 34.7 Å². The molecule has 0 aliphatic rings. The molecular weight excluding hydrogens is 346 g/mol. The van der Waals surface area contributed by atoms with Crippen LogP contribution in [0.5, 0.6) is 0 Å². The molecule has 3 aromatic rings. The number of hydrogen-bond donors (Lipinski definition) is 2. The van der Waals surface area contributed by atoms with Crippen molar-refractivity contribution >= 4 is 28.3 Å². The van der Waals surface area contributed by atoms with Crippen LogP contribution in [0, 0.1) is 0 Å². The second-order valence-corrected chi connectivity index (χ2v) is 6.54. The molecule has 5 nitrogen and oxygen atoms in total. The number of nitrogens with zero attached hydrogens (tertiary/aromatic N) is 1. The fraction of sp³-hybridized carbons (Fsp3) is 0.150. The summed E-state index contributed by atoms with van der Waals surface area (Å²) in [6.45, 7) is 2.01. The van der Waals surface area contributed by atoms with E-state index in [0.29, 0.717) is 10.7 Å². The molecule has 0 fully saturated rings. The topological polar surface area (TPSA) is 71.1 Å². The highest BCUT2D eigenvalue weighted by Crippen LogP contribution is 2.25. The Kier molecular flexibility index (Phi) is 5.76. The molecule has 2 aromatic carbocycles. The van der Waals surface area contributed by atoms with Gasteiger partial charge in [0.15, 0.2) is 5.13 Å². The van der Waals surface area contributed by atoms with Crippen LogP contribution in [0.4, 0.5) is 5.13 Å². The molecule has 0 unspecified atom stereocenters. The number of aromatic nitrogens is 1. The third kappa shape index (κ3) is 4.55. The molecule has 6 heteroatoms. The number of benzene rings is 2. The quantitative estimate of drug-likeness (QED) is 0.699. The number of carbonyl (C=O) groups excluding carboxylic acids is 2. The summed E-state index contributed by atoms with van der Waals surface area (Å²) in [7, 11) is 0. The Labute approximate surface area is 156 Å². The first-order valence-corrected chi connectivity index (χ1v) is 9.21. The van der Waals surface area contributed by atoms with E-state index in [1.54, 1.807) is 24.3 Å². The normalized spacial score (nSPS) is 10.3. The number of hydrogen-bond acceptors (Lipinski definition) is 4. The zero-order valence-electron chi connectivity index (χ0n) is 14.4. The van der Waals surface area contributed by atoms with Gasteiger partial charge in [0.1, 0.15) is 0 Å². The highest BCUT2D eigenvalue weighted by Gasteiger charge is 2.10. The first-order valence-electron chi connectivity index (χ1n) is 8.33. The Morgan fingerprint density at radius 1 is 1.04 bits per heavy atom. The summed E-state index contributed by atoms with van der Waals surface area (Å²) in [5.74, 6) is -0.590. The van der Waals surface area contributed by atoms with Gasteiger partial charge < -0.3 is 10.6 Å². The average Bonchev–Trinajstić information content (AvgIpc) is 3.15. The minimum Gasteiger partial charge on any atom is -0.343 e. The number of rotatable bonds is 6. The molecule has 0 spiro atoms. The van der Waals surface area contributed by atoms with Gasteiger partial charge in [-0.2, -0.15) is 0 Å². The molecule has 132 valence electrons. The molecule has 1 heterocycles. The Morgan fingerprint density at radius 2 is 1.77 bits per heavy atom. The van der Waals surface area contributed by atoms with Crippen LogP contribution in [-0.4, -0.2) is 23.3 Å². The van der Waals surface area contributed by atoms with Gasteiger partial charge in [0, 0.05) is 16.5 Å². The summed E-state index contributed by atoms with van der Waals surface area (Å²) in [4.78, 5) is 28.4. The molecule has 0 atom stereocenters. The zero-order chi connectivity index (χ0) is 18.4. The highest BCUT2D eigenvalue weighted by atomic mass is 32.1. The lowest BCUT2D eigenvalue weighted by molar-refractivity contribution is -0.115. The number of nitrogens with one attached hydrogen (secondary N) is 2. The molecular formula is C20H19N3O2S. The number of aryl methyl sites for hydroxylation is 1. The molecule has 2 amide bonds. The Balaban J connectivity index is 1.55. The van der Waals surface area contributed by atoms with Crippen LogP contribution in [0.25, 0.3) is 11.3 Å². The monoisotopic (exact) mass is 365 g/mol. The van der Waals surface area contributed by atoms with Crippen molar-refractivity contribution in [2.75, 3.05) is 11.9 Å². The minimum absolute atomic E-state index is 0.103. The maximum atomic E-state index is 12.0. The van der Waals surface area contributed by atoms with Gasteiger partial charge in [-0.1, -0.05) is 49.4 Å². The van der Waals surface area contributed by atoms with Crippen LogP contribution < -0.4 is 10.6 Å². The van der Waals surface area contributed by atoms with Crippen LogP contribution in [0.1, 0.15) is 22.8 Å². The fourth-order valence-electron chi connectivity index (χ4n) is 2.39. The predicted octanol–water partition coefficient (Wildman–Crippen LogP) is 3.74. The second kappa shape index (κ2) is 8.40. The smallest absolute Gasteiger partial charge is 0.251 e. The van der Waals surface area contributed by atoms with Crippen LogP contribution in [0.2, 0.25) is 0 Å². The van der Waals surface area contributed by atoms with Crippen molar-refractivity contribution in [3.63, 3.8) is 0 Å². The first kappa shape index (κ1) is 17.8. The van der Waals surface area contributed by atoms with Gasteiger partial charge in [-0.05, 0) is 24.1 Å². The van der Waals surface area contributed by atoms with E-state index >= 15 is 0 Å². The molecule has 3 rings (SSSR count). The lowest BCUT2D eigenvalue weighted by Crippen LogP contribution is -2.32. The Bertz CT molecular complexity index is 889. The van der Waals surface area contributed by atoms with Crippen molar-refractivity contribution in [1.82, 2.24) is 10.3 Å². The number of carbonyl (C=O) groups is 2. The van der Waals surface area contributed by atoms with Crippen molar-refractivity contribution in [3.8, 4) is 11.3 Å². The molecule has 0 saturated carbocycles. The van der Waals surface area contributed by atoms with Gasteiger partial charge in [-0.3, -0.25) is 9.59 Å². The third-order valence-electron chi connectivity index (χ3n) is 3.85. The summed E-state index contributed by atoms with van der Waals surface area (Å²) in [5.41, 5.74) is 3.62. The van der Waals surface area contributed by atoms with Gasteiger partial charge in [0.25, 0.3) is 5.91 Å². The number of anilines is 1. The maximum absolute atomic E-state index is 12.0. The van der Waals surface area contributed by atoms with Gasteiger partial charge in [0.2, 0.25) is 5.91 Å². The van der Waals surface area contributed by atoms with Crippen molar-refractivity contribution < 1.29 is 9.59 Å². The summed E-state index contributed by atoms with van der Waals surface area (Å²) >= 11 is 1.36. The number of amides is 2. The molecule has 0 radical (unpaired) electrons. The van der Waals surface area contributed by atoms with E-state index in [4.69, 9.17) is 0 Å². The maximum Gasteiger partial charge on any atom is 0.251 e. The van der Waals surface area contributed by atoms with E-state index in [0.717, 1.165) is 17.7 Å². The summed E-state index contributed by atoms with van der Waals surface area (Å²) in [5, 5.41) is 7.73. The second-order valence-electron chi connectivity index (χ2n) is 5.69. The number of thiazole rings is 1. The van der Waals surface area contributed by atoms with Gasteiger partial charge in [0.05, 0.1) is 12.2 Å². The first-order chi connectivity index (χ1) is 12.7. The fourth-order valence-corrected chi connectivity index (χ4v) is 3.13. The van der Waals surface area contributed by atoms with Crippen LogP contribution in [0.3, 0.4) is 0 Å². The Hall–Kier alpha value is -2.99. The average molecular weight is 365 g/mol. The lowest BCUT2D eigenvalue weighted by Gasteiger charge is -2.05. The molecule has 2 N–H and O–H groups in total. The van der Waals surface area contributed by atoms with E-state index < -0.39 is 0 Å². The van der Waals surface area contributed by atoms with Crippen LogP contribution >= 0.6 is 11.3 Å². The van der Waals surface area contributed by atoms with E-state index in [-0.39, 0.29) is 18.4 Å². The van der Waals surface area contributed by atoms with E-state index in [9.17, 15) is 9.59 Å².